The Morgan fingerprint density at radius 3 is 2.67 bits per heavy atom. The van der Waals surface area contributed by atoms with Crippen molar-refractivity contribution in [1.82, 2.24) is 4.98 Å². The van der Waals surface area contributed by atoms with Gasteiger partial charge in [0.15, 0.2) is 6.20 Å². The van der Waals surface area contributed by atoms with Gasteiger partial charge < -0.3 is 0 Å². The van der Waals surface area contributed by atoms with Crippen LogP contribution >= 0.6 is 0 Å². The van der Waals surface area contributed by atoms with E-state index in [-0.39, 0.29) is 5.78 Å². The molecule has 0 N–H and O–H groups in total. The van der Waals surface area contributed by atoms with Crippen LogP contribution in [-0.4, -0.2) is 10.8 Å². The summed E-state index contributed by atoms with van der Waals surface area (Å²) in [6, 6.07) is 9.52. The van der Waals surface area contributed by atoms with Crippen molar-refractivity contribution in [1.29, 1.82) is 0 Å². The maximum Gasteiger partial charge on any atom is 0.227 e. The van der Waals surface area contributed by atoms with Crippen molar-refractivity contribution >= 4 is 5.78 Å². The van der Waals surface area contributed by atoms with Gasteiger partial charge in [-0.1, -0.05) is 43.2 Å². The predicted octanol–water partition coefficient (Wildman–Crippen LogP) is 3.22. The van der Waals surface area contributed by atoms with Gasteiger partial charge in [0, 0.05) is 11.5 Å². The second-order valence-electron chi connectivity index (χ2n) is 5.80. The molecule has 108 valence electrons. The highest BCUT2D eigenvalue weighted by Gasteiger charge is 2.29. The minimum absolute atomic E-state index is 0.158. The first-order valence-electron chi connectivity index (χ1n) is 7.69. The van der Waals surface area contributed by atoms with Crippen LogP contribution in [0.2, 0.25) is 0 Å². The molecule has 0 aliphatic heterocycles. The van der Waals surface area contributed by atoms with Crippen LogP contribution in [0, 0.1) is 6.92 Å². The summed E-state index contributed by atoms with van der Waals surface area (Å²) in [6.07, 6.45) is 8.74. The largest absolute Gasteiger partial charge is 0.287 e. The highest BCUT2D eigenvalue weighted by molar-refractivity contribution is 5.94. The molecule has 3 heteroatoms. The van der Waals surface area contributed by atoms with E-state index in [4.69, 9.17) is 0 Å². The molecule has 1 aliphatic rings. The van der Waals surface area contributed by atoms with E-state index in [2.05, 4.69) is 16.5 Å². The van der Waals surface area contributed by atoms with Gasteiger partial charge in [-0.05, 0) is 19.8 Å². The molecule has 0 bridgehead atoms. The quantitative estimate of drug-likeness (QED) is 0.637. The fourth-order valence-corrected chi connectivity index (χ4v) is 3.32. The monoisotopic (exact) mass is 281 g/mol. The molecule has 1 aliphatic carbocycles. The number of Topliss-reactive ketones (excluding diaryl/α,β-unsaturated/α-hetero) is 1. The van der Waals surface area contributed by atoms with Crippen LogP contribution in [0.5, 0.6) is 0 Å². The fourth-order valence-electron chi connectivity index (χ4n) is 3.32. The molecule has 3 rings (SSSR count). The number of carbonyl (C=O) groups excluding carboxylic acids is 1. The number of ketones is 1. The minimum Gasteiger partial charge on any atom is -0.287 e. The van der Waals surface area contributed by atoms with Crippen LogP contribution in [0.3, 0.4) is 0 Å². The molecule has 0 unspecified atom stereocenters. The van der Waals surface area contributed by atoms with E-state index >= 15 is 0 Å². The Hall–Kier alpha value is -2.03. The summed E-state index contributed by atoms with van der Waals surface area (Å²) in [5.41, 5.74) is 3.08. The third kappa shape index (κ3) is 3.02. The number of hydrogen-bond donors (Lipinski definition) is 0. The van der Waals surface area contributed by atoms with Crippen molar-refractivity contribution in [3.63, 3.8) is 0 Å². The van der Waals surface area contributed by atoms with E-state index in [1.807, 2.05) is 36.5 Å². The summed E-state index contributed by atoms with van der Waals surface area (Å²) in [4.78, 5) is 16.9. The summed E-state index contributed by atoms with van der Waals surface area (Å²) >= 11 is 0. The molecule has 1 aromatic carbocycles. The molecule has 0 saturated heterocycles. The maximum absolute atomic E-state index is 12.5. The molecule has 1 aromatic heterocycles. The van der Waals surface area contributed by atoms with Crippen molar-refractivity contribution in [2.24, 2.45) is 0 Å². The van der Waals surface area contributed by atoms with E-state index < -0.39 is 0 Å². The zero-order chi connectivity index (χ0) is 14.7. The molecule has 1 heterocycles. The summed E-state index contributed by atoms with van der Waals surface area (Å²) in [5.74, 6) is 0.715. The molecular formula is C18H21N2O+. The Labute approximate surface area is 125 Å². The molecule has 1 fully saturated rings. The second-order valence-corrected chi connectivity index (χ2v) is 5.80. The Bertz CT molecular complexity index is 631. The Morgan fingerprint density at radius 2 is 1.95 bits per heavy atom. The van der Waals surface area contributed by atoms with Gasteiger partial charge in [0.1, 0.15) is 5.69 Å². The number of aromatic nitrogens is 2. The minimum atomic E-state index is 0.158. The number of nitrogens with zero attached hydrogens (tertiary/aromatic N) is 2. The number of carbonyl (C=O) groups is 1. The van der Waals surface area contributed by atoms with Gasteiger partial charge in [-0.15, -0.1) is 0 Å². The fraction of sp³-hybridized carbons (Fsp3) is 0.389. The van der Waals surface area contributed by atoms with Crippen LogP contribution in [0.15, 0.2) is 42.7 Å². The SMILES string of the molecule is Cc1ncc[n+](CC(=O)c2ccccc2)c1C1CCCC1. The zero-order valence-electron chi connectivity index (χ0n) is 12.5. The molecule has 21 heavy (non-hydrogen) atoms. The highest BCUT2D eigenvalue weighted by atomic mass is 16.1. The lowest BCUT2D eigenvalue weighted by atomic mass is 10.0. The van der Waals surface area contributed by atoms with E-state index in [9.17, 15) is 4.79 Å². The zero-order valence-corrected chi connectivity index (χ0v) is 12.5. The van der Waals surface area contributed by atoms with Gasteiger partial charge in [-0.25, -0.2) is 4.98 Å². The van der Waals surface area contributed by atoms with Crippen molar-refractivity contribution in [3.8, 4) is 0 Å². The van der Waals surface area contributed by atoms with Gasteiger partial charge in [-0.2, -0.15) is 4.57 Å². The molecule has 1 saturated carbocycles. The van der Waals surface area contributed by atoms with Gasteiger partial charge in [0.05, 0.1) is 6.20 Å². The van der Waals surface area contributed by atoms with E-state index in [1.165, 1.54) is 31.4 Å². The average Bonchev–Trinajstić information content (AvgIpc) is 3.02. The predicted molar refractivity (Wildman–Crippen MR) is 81.2 cm³/mol. The first kappa shape index (κ1) is 13.9. The smallest absolute Gasteiger partial charge is 0.227 e. The van der Waals surface area contributed by atoms with Crippen molar-refractivity contribution < 1.29 is 9.36 Å². The van der Waals surface area contributed by atoms with E-state index in [1.54, 1.807) is 6.20 Å². The van der Waals surface area contributed by atoms with Crippen LogP contribution in [0.1, 0.15) is 53.3 Å². The van der Waals surface area contributed by atoms with Gasteiger partial charge >= 0.3 is 0 Å². The van der Waals surface area contributed by atoms with Gasteiger partial charge in [0.2, 0.25) is 18.0 Å². The number of aryl methyl sites for hydroxylation is 1. The molecule has 0 amide bonds. The molecule has 0 spiro atoms. The van der Waals surface area contributed by atoms with Gasteiger partial charge in [-0.3, -0.25) is 4.79 Å². The first-order chi connectivity index (χ1) is 10.3. The number of hydrogen-bond acceptors (Lipinski definition) is 2. The molecular weight excluding hydrogens is 260 g/mol. The van der Waals surface area contributed by atoms with Crippen molar-refractivity contribution in [3.05, 3.63) is 59.7 Å². The lowest BCUT2D eigenvalue weighted by molar-refractivity contribution is -0.692. The lowest BCUT2D eigenvalue weighted by Crippen LogP contribution is -2.43. The summed E-state index contributed by atoms with van der Waals surface area (Å²) in [6.45, 7) is 2.45. The highest BCUT2D eigenvalue weighted by Crippen LogP contribution is 2.33. The standard InChI is InChI=1S/C18H21N2O/c1-14-18(16-9-5-6-10-16)20(12-11-19-14)13-17(21)15-7-3-2-4-8-15/h2-4,7-8,11-12,16H,5-6,9-10,13H2,1H3/q+1. The van der Waals surface area contributed by atoms with Crippen LogP contribution < -0.4 is 4.57 Å². The topological polar surface area (TPSA) is 33.8 Å². The van der Waals surface area contributed by atoms with Crippen LogP contribution in [0.25, 0.3) is 0 Å². The maximum atomic E-state index is 12.5. The summed E-state index contributed by atoms with van der Waals surface area (Å²) in [5, 5.41) is 0. The van der Waals surface area contributed by atoms with Crippen molar-refractivity contribution in [2.45, 2.75) is 45.1 Å². The molecule has 0 radical (unpaired) electrons. The van der Waals surface area contributed by atoms with E-state index in [0.717, 1.165) is 11.3 Å². The van der Waals surface area contributed by atoms with Crippen LogP contribution in [-0.2, 0) is 6.54 Å². The molecule has 3 nitrogen and oxygen atoms in total. The van der Waals surface area contributed by atoms with Gasteiger partial charge in [0.25, 0.3) is 0 Å². The summed E-state index contributed by atoms with van der Waals surface area (Å²) in [7, 11) is 0. The Balaban J connectivity index is 1.88. The summed E-state index contributed by atoms with van der Waals surface area (Å²) < 4.78 is 2.10. The molecule has 0 atom stereocenters. The average molecular weight is 281 g/mol. The third-order valence-electron chi connectivity index (χ3n) is 4.35. The molecule has 2 aromatic rings. The Morgan fingerprint density at radius 1 is 1.24 bits per heavy atom. The van der Waals surface area contributed by atoms with Crippen molar-refractivity contribution in [2.75, 3.05) is 0 Å². The Kier molecular flexibility index (Phi) is 4.09. The second kappa shape index (κ2) is 6.17. The number of rotatable bonds is 4. The van der Waals surface area contributed by atoms with E-state index in [0.29, 0.717) is 12.5 Å². The normalized spacial score (nSPS) is 15.3. The van der Waals surface area contributed by atoms with Crippen LogP contribution in [0.4, 0.5) is 0 Å². The third-order valence-corrected chi connectivity index (χ3v) is 4.35. The first-order valence-corrected chi connectivity index (χ1v) is 7.69. The lowest BCUT2D eigenvalue weighted by Gasteiger charge is -2.11. The number of benzene rings is 1.